The van der Waals surface area contributed by atoms with E-state index in [1.807, 2.05) is 24.3 Å². The van der Waals surface area contributed by atoms with Crippen LogP contribution in [0, 0.1) is 0 Å². The highest BCUT2D eigenvalue weighted by atomic mass is 32.2. The van der Waals surface area contributed by atoms with Crippen LogP contribution in [0.2, 0.25) is 0 Å². The molecule has 0 spiro atoms. The molecule has 0 saturated carbocycles. The first-order valence-electron chi connectivity index (χ1n) is 10.4. The summed E-state index contributed by atoms with van der Waals surface area (Å²) in [5.74, 6) is 0. The number of benzene rings is 3. The number of rotatable bonds is 7. The molecule has 1 fully saturated rings. The molecule has 0 aromatic heterocycles. The Bertz CT molecular complexity index is 1070. The van der Waals surface area contributed by atoms with Crippen LogP contribution in [-0.4, -0.2) is 33.0 Å². The lowest BCUT2D eigenvalue weighted by Crippen LogP contribution is -2.36. The number of hydrogen-bond donors (Lipinski definition) is 1. The van der Waals surface area contributed by atoms with E-state index in [1.54, 1.807) is 12.1 Å². The molecule has 4 nitrogen and oxygen atoms in total. The van der Waals surface area contributed by atoms with Crippen LogP contribution in [0.1, 0.15) is 36.9 Å². The highest BCUT2D eigenvalue weighted by Gasteiger charge is 2.26. The van der Waals surface area contributed by atoms with Gasteiger partial charge in [0.25, 0.3) is 0 Å². The van der Waals surface area contributed by atoms with Gasteiger partial charge in [0, 0.05) is 12.6 Å². The minimum absolute atomic E-state index is 0.0216. The molecule has 1 aliphatic heterocycles. The van der Waals surface area contributed by atoms with Gasteiger partial charge in [-0.15, -0.1) is 0 Å². The van der Waals surface area contributed by atoms with Crippen molar-refractivity contribution in [2.75, 3.05) is 19.6 Å². The number of nitrogens with one attached hydrogen (secondary N) is 1. The zero-order chi connectivity index (χ0) is 20.3. The number of hydrogen-bond acceptors (Lipinski definition) is 3. The van der Waals surface area contributed by atoms with Crippen LogP contribution in [0.3, 0.4) is 0 Å². The highest BCUT2D eigenvalue weighted by Crippen LogP contribution is 2.30. The van der Waals surface area contributed by atoms with Crippen LogP contribution < -0.4 is 4.72 Å². The number of sulfonamides is 1. The van der Waals surface area contributed by atoms with Crippen LogP contribution in [0.25, 0.3) is 10.8 Å². The Balaban J connectivity index is 1.62. The van der Waals surface area contributed by atoms with Gasteiger partial charge in [-0.3, -0.25) is 4.90 Å². The minimum Gasteiger partial charge on any atom is -0.295 e. The second-order valence-electron chi connectivity index (χ2n) is 7.68. The molecule has 1 aliphatic rings. The van der Waals surface area contributed by atoms with Crippen molar-refractivity contribution in [3.05, 3.63) is 77.9 Å². The Morgan fingerprint density at radius 1 is 0.931 bits per heavy atom. The third kappa shape index (κ3) is 4.37. The summed E-state index contributed by atoms with van der Waals surface area (Å²) >= 11 is 0. The van der Waals surface area contributed by atoms with E-state index in [-0.39, 0.29) is 6.04 Å². The summed E-state index contributed by atoms with van der Waals surface area (Å²) in [7, 11) is -3.55. The maximum absolute atomic E-state index is 12.9. The average Bonchev–Trinajstić information content (AvgIpc) is 3.28. The molecule has 1 atom stereocenters. The van der Waals surface area contributed by atoms with Gasteiger partial charge in [0.2, 0.25) is 10.0 Å². The summed E-state index contributed by atoms with van der Waals surface area (Å²) in [5.41, 5.74) is 2.32. The van der Waals surface area contributed by atoms with Crippen molar-refractivity contribution in [2.45, 2.75) is 37.1 Å². The molecule has 3 aromatic carbocycles. The largest absolute Gasteiger partial charge is 0.295 e. The van der Waals surface area contributed by atoms with Gasteiger partial charge in [-0.05, 0) is 66.4 Å². The number of likely N-dealkylation sites (tertiary alicyclic amines) is 1. The summed E-state index contributed by atoms with van der Waals surface area (Å²) in [6.45, 7) is 4.43. The second kappa shape index (κ2) is 8.66. The monoisotopic (exact) mass is 408 g/mol. The molecule has 0 aliphatic carbocycles. The average molecular weight is 409 g/mol. The van der Waals surface area contributed by atoms with Crippen molar-refractivity contribution in [1.82, 2.24) is 9.62 Å². The van der Waals surface area contributed by atoms with Crippen LogP contribution in [-0.2, 0) is 16.4 Å². The lowest BCUT2D eigenvalue weighted by molar-refractivity contribution is 0.248. The minimum atomic E-state index is -3.55. The zero-order valence-electron chi connectivity index (χ0n) is 16.8. The van der Waals surface area contributed by atoms with E-state index in [9.17, 15) is 8.42 Å². The van der Waals surface area contributed by atoms with Crippen LogP contribution >= 0.6 is 0 Å². The molecule has 0 bridgehead atoms. The van der Waals surface area contributed by atoms with Crippen LogP contribution in [0.15, 0.2) is 71.6 Å². The molecule has 1 heterocycles. The van der Waals surface area contributed by atoms with Gasteiger partial charge in [0.05, 0.1) is 4.90 Å². The van der Waals surface area contributed by atoms with Gasteiger partial charge in [-0.1, -0.05) is 61.5 Å². The van der Waals surface area contributed by atoms with Gasteiger partial charge in [-0.25, -0.2) is 13.1 Å². The van der Waals surface area contributed by atoms with Gasteiger partial charge >= 0.3 is 0 Å². The lowest BCUT2D eigenvalue weighted by Gasteiger charge is -2.29. The SMILES string of the molecule is CCc1ccc(S(=O)(=O)NC[C@@H](c2cccc3ccccc23)N2CCCC2)cc1. The van der Waals surface area contributed by atoms with Crippen molar-refractivity contribution in [3.8, 4) is 0 Å². The van der Waals surface area contributed by atoms with E-state index in [4.69, 9.17) is 0 Å². The molecule has 0 unspecified atom stereocenters. The maximum atomic E-state index is 12.9. The summed E-state index contributed by atoms with van der Waals surface area (Å²) in [5, 5.41) is 2.38. The first-order valence-corrected chi connectivity index (χ1v) is 11.9. The molecule has 29 heavy (non-hydrogen) atoms. The zero-order valence-corrected chi connectivity index (χ0v) is 17.7. The van der Waals surface area contributed by atoms with E-state index >= 15 is 0 Å². The molecular weight excluding hydrogens is 380 g/mol. The van der Waals surface area contributed by atoms with Crippen molar-refractivity contribution in [1.29, 1.82) is 0 Å². The molecule has 0 amide bonds. The van der Waals surface area contributed by atoms with Gasteiger partial charge < -0.3 is 0 Å². The molecule has 0 radical (unpaired) electrons. The van der Waals surface area contributed by atoms with E-state index in [1.165, 1.54) is 16.3 Å². The second-order valence-corrected chi connectivity index (χ2v) is 9.44. The topological polar surface area (TPSA) is 49.4 Å². The fourth-order valence-corrected chi connectivity index (χ4v) is 5.24. The third-order valence-electron chi connectivity index (χ3n) is 5.87. The van der Waals surface area contributed by atoms with Crippen LogP contribution in [0.4, 0.5) is 0 Å². The van der Waals surface area contributed by atoms with E-state index < -0.39 is 10.0 Å². The molecule has 1 N–H and O–H groups in total. The molecule has 4 rings (SSSR count). The molecular formula is C24H28N2O2S. The Morgan fingerprint density at radius 2 is 1.62 bits per heavy atom. The predicted molar refractivity (Wildman–Crippen MR) is 119 cm³/mol. The van der Waals surface area contributed by atoms with E-state index in [0.717, 1.165) is 37.9 Å². The number of aryl methyl sites for hydroxylation is 1. The number of fused-ring (bicyclic) bond motifs is 1. The Morgan fingerprint density at radius 3 is 2.34 bits per heavy atom. The maximum Gasteiger partial charge on any atom is 0.240 e. The highest BCUT2D eigenvalue weighted by molar-refractivity contribution is 7.89. The molecule has 152 valence electrons. The molecule has 1 saturated heterocycles. The standard InChI is InChI=1S/C24H28N2O2S/c1-2-19-12-14-21(15-13-19)29(27,28)25-18-24(26-16-5-6-17-26)23-11-7-9-20-8-3-4-10-22(20)23/h3-4,7-15,24-25H,2,5-6,16-18H2,1H3/t24-/m0/s1. The van der Waals surface area contributed by atoms with E-state index in [0.29, 0.717) is 11.4 Å². The molecule has 5 heteroatoms. The smallest absolute Gasteiger partial charge is 0.240 e. The first-order chi connectivity index (χ1) is 14.1. The fraction of sp³-hybridized carbons (Fsp3) is 0.333. The normalized spacial score (nSPS) is 16.3. The van der Waals surface area contributed by atoms with Gasteiger partial charge in [0.15, 0.2) is 0 Å². The van der Waals surface area contributed by atoms with Crippen molar-refractivity contribution < 1.29 is 8.42 Å². The van der Waals surface area contributed by atoms with Gasteiger partial charge in [0.1, 0.15) is 0 Å². The van der Waals surface area contributed by atoms with Gasteiger partial charge in [-0.2, -0.15) is 0 Å². The summed E-state index contributed by atoms with van der Waals surface area (Å²) in [6.07, 6.45) is 3.21. The van der Waals surface area contributed by atoms with Crippen molar-refractivity contribution in [3.63, 3.8) is 0 Å². The van der Waals surface area contributed by atoms with Crippen molar-refractivity contribution in [2.24, 2.45) is 0 Å². The Kier molecular flexibility index (Phi) is 5.99. The number of nitrogens with zero attached hydrogens (tertiary/aromatic N) is 1. The summed E-state index contributed by atoms with van der Waals surface area (Å²) < 4.78 is 28.7. The van der Waals surface area contributed by atoms with E-state index in [2.05, 4.69) is 46.9 Å². The summed E-state index contributed by atoms with van der Waals surface area (Å²) in [4.78, 5) is 2.73. The van der Waals surface area contributed by atoms with Crippen molar-refractivity contribution >= 4 is 20.8 Å². The third-order valence-corrected chi connectivity index (χ3v) is 7.31. The summed E-state index contributed by atoms with van der Waals surface area (Å²) in [6, 6.07) is 21.8. The van der Waals surface area contributed by atoms with Crippen LogP contribution in [0.5, 0.6) is 0 Å². The lowest BCUT2D eigenvalue weighted by atomic mass is 9.98. The fourth-order valence-electron chi connectivity index (χ4n) is 4.21. The molecule has 3 aromatic rings. The Hall–Kier alpha value is -2.21. The first kappa shape index (κ1) is 20.1. The quantitative estimate of drug-likeness (QED) is 0.625. The Labute approximate surface area is 173 Å². The predicted octanol–water partition coefficient (Wildman–Crippen LogP) is 4.52.